The second-order valence-electron chi connectivity index (χ2n) is 4.94. The molecular weight excluding hydrogens is 293 g/mol. The first-order chi connectivity index (χ1) is 9.28. The van der Waals surface area contributed by atoms with Gasteiger partial charge in [-0.1, -0.05) is 11.6 Å². The summed E-state index contributed by atoms with van der Waals surface area (Å²) in [6.45, 7) is 4.64. The van der Waals surface area contributed by atoms with Crippen LogP contribution in [-0.2, 0) is 0 Å². The first-order valence-electron chi connectivity index (χ1n) is 6.31. The van der Waals surface area contributed by atoms with Crippen LogP contribution in [0.2, 0.25) is 5.15 Å². The predicted molar refractivity (Wildman–Crippen MR) is 71.2 cm³/mol. The van der Waals surface area contributed by atoms with E-state index in [1.165, 1.54) is 4.90 Å². The molecule has 1 fully saturated rings. The number of nitrogens with zero attached hydrogens (tertiary/aromatic N) is 4. The zero-order valence-electron chi connectivity index (χ0n) is 11.3. The quantitative estimate of drug-likeness (QED) is 0.840. The number of halogens is 4. The summed E-state index contributed by atoms with van der Waals surface area (Å²) < 4.78 is 37.0. The molecule has 2 heterocycles. The summed E-state index contributed by atoms with van der Waals surface area (Å²) in [5, 5.41) is 8.30. The number of piperazine rings is 1. The standard InChI is InChI=1S/C12H16ClF3N4/c1-8-9(2)11(18-17-10(8)13)20-5-3-19(4-6-20)7-12(14,15)16/h3-7H2,1-2H3. The molecule has 1 aromatic heterocycles. The molecule has 20 heavy (non-hydrogen) atoms. The van der Waals surface area contributed by atoms with Crippen LogP contribution in [0.25, 0.3) is 0 Å². The molecule has 1 aromatic rings. The summed E-state index contributed by atoms with van der Waals surface area (Å²) in [5.74, 6) is 0.707. The van der Waals surface area contributed by atoms with Crippen molar-refractivity contribution >= 4 is 17.4 Å². The number of anilines is 1. The van der Waals surface area contributed by atoms with Crippen molar-refractivity contribution in [1.29, 1.82) is 0 Å². The van der Waals surface area contributed by atoms with E-state index in [4.69, 9.17) is 11.6 Å². The highest BCUT2D eigenvalue weighted by molar-refractivity contribution is 6.30. The largest absolute Gasteiger partial charge is 0.401 e. The lowest BCUT2D eigenvalue weighted by Crippen LogP contribution is -2.49. The Bertz CT molecular complexity index is 484. The lowest BCUT2D eigenvalue weighted by Gasteiger charge is -2.36. The zero-order valence-corrected chi connectivity index (χ0v) is 12.1. The van der Waals surface area contributed by atoms with E-state index < -0.39 is 12.7 Å². The molecular formula is C12H16ClF3N4. The van der Waals surface area contributed by atoms with Crippen LogP contribution in [-0.4, -0.2) is 54.0 Å². The smallest absolute Gasteiger partial charge is 0.352 e. The molecule has 0 N–H and O–H groups in total. The summed E-state index contributed by atoms with van der Waals surface area (Å²) >= 11 is 5.90. The maximum absolute atomic E-state index is 12.3. The molecule has 0 spiro atoms. The highest BCUT2D eigenvalue weighted by Crippen LogP contribution is 2.25. The topological polar surface area (TPSA) is 32.3 Å². The summed E-state index contributed by atoms with van der Waals surface area (Å²) in [6, 6.07) is 0. The SMILES string of the molecule is Cc1c(Cl)nnc(N2CCN(CC(F)(F)F)CC2)c1C. The second-order valence-corrected chi connectivity index (χ2v) is 5.30. The third-order valence-corrected chi connectivity index (χ3v) is 3.87. The van der Waals surface area contributed by atoms with Gasteiger partial charge in [-0.15, -0.1) is 10.2 Å². The van der Waals surface area contributed by atoms with Crippen molar-refractivity contribution in [2.45, 2.75) is 20.0 Å². The molecule has 0 atom stereocenters. The van der Waals surface area contributed by atoms with Crippen molar-refractivity contribution in [3.8, 4) is 0 Å². The Morgan fingerprint density at radius 2 is 1.65 bits per heavy atom. The third-order valence-electron chi connectivity index (χ3n) is 3.51. The monoisotopic (exact) mass is 308 g/mol. The molecule has 4 nitrogen and oxygen atoms in total. The summed E-state index contributed by atoms with van der Waals surface area (Å²) in [6.07, 6.45) is -4.14. The third kappa shape index (κ3) is 3.52. The maximum atomic E-state index is 12.3. The van der Waals surface area contributed by atoms with Gasteiger partial charge in [-0.25, -0.2) is 0 Å². The van der Waals surface area contributed by atoms with E-state index in [1.807, 2.05) is 18.7 Å². The molecule has 0 unspecified atom stereocenters. The van der Waals surface area contributed by atoms with Crippen molar-refractivity contribution < 1.29 is 13.2 Å². The molecule has 1 aliphatic rings. The Hall–Kier alpha value is -1.08. The van der Waals surface area contributed by atoms with Crippen molar-refractivity contribution in [2.75, 3.05) is 37.6 Å². The van der Waals surface area contributed by atoms with Crippen molar-refractivity contribution in [3.05, 3.63) is 16.3 Å². The van der Waals surface area contributed by atoms with E-state index in [-0.39, 0.29) is 0 Å². The zero-order chi connectivity index (χ0) is 14.9. The lowest BCUT2D eigenvalue weighted by atomic mass is 10.2. The second kappa shape index (κ2) is 5.73. The molecule has 112 valence electrons. The number of aromatic nitrogens is 2. The van der Waals surface area contributed by atoms with Crippen LogP contribution in [0.1, 0.15) is 11.1 Å². The van der Waals surface area contributed by atoms with Crippen LogP contribution in [0.15, 0.2) is 0 Å². The summed E-state index contributed by atoms with van der Waals surface area (Å²) in [7, 11) is 0. The van der Waals surface area contributed by atoms with Crippen molar-refractivity contribution in [1.82, 2.24) is 15.1 Å². The summed E-state index contributed by atoms with van der Waals surface area (Å²) in [4.78, 5) is 3.36. The minimum absolute atomic E-state index is 0.363. The highest BCUT2D eigenvalue weighted by Gasteiger charge is 2.32. The van der Waals surface area contributed by atoms with Gasteiger partial charge in [0.1, 0.15) is 0 Å². The molecule has 0 aromatic carbocycles. The Labute approximate surface area is 120 Å². The fourth-order valence-corrected chi connectivity index (χ4v) is 2.41. The van der Waals surface area contributed by atoms with Gasteiger partial charge in [0.25, 0.3) is 0 Å². The Morgan fingerprint density at radius 1 is 1.05 bits per heavy atom. The van der Waals surface area contributed by atoms with Gasteiger partial charge in [0.05, 0.1) is 6.54 Å². The van der Waals surface area contributed by atoms with Gasteiger partial charge in [-0.05, 0) is 25.0 Å². The van der Waals surface area contributed by atoms with E-state index >= 15 is 0 Å². The summed E-state index contributed by atoms with van der Waals surface area (Å²) in [5.41, 5.74) is 1.78. The molecule has 0 saturated carbocycles. The Morgan fingerprint density at radius 3 is 2.20 bits per heavy atom. The van der Waals surface area contributed by atoms with Crippen molar-refractivity contribution in [3.63, 3.8) is 0 Å². The van der Waals surface area contributed by atoms with Gasteiger partial charge in [0.15, 0.2) is 11.0 Å². The fourth-order valence-electron chi connectivity index (χ4n) is 2.24. The Balaban J connectivity index is 2.03. The van der Waals surface area contributed by atoms with Gasteiger partial charge in [-0.2, -0.15) is 13.2 Å². The molecule has 0 aliphatic carbocycles. The average Bonchev–Trinajstić information content (AvgIpc) is 2.36. The van der Waals surface area contributed by atoms with Gasteiger partial charge in [0, 0.05) is 26.2 Å². The highest BCUT2D eigenvalue weighted by atomic mass is 35.5. The lowest BCUT2D eigenvalue weighted by molar-refractivity contribution is -0.146. The van der Waals surface area contributed by atoms with Gasteiger partial charge in [-0.3, -0.25) is 4.90 Å². The van der Waals surface area contributed by atoms with Crippen LogP contribution in [0.5, 0.6) is 0 Å². The van der Waals surface area contributed by atoms with Gasteiger partial charge >= 0.3 is 6.18 Å². The van der Waals surface area contributed by atoms with E-state index in [2.05, 4.69) is 10.2 Å². The minimum atomic E-state index is -4.14. The minimum Gasteiger partial charge on any atom is -0.352 e. The molecule has 0 amide bonds. The fraction of sp³-hybridized carbons (Fsp3) is 0.667. The average molecular weight is 309 g/mol. The number of hydrogen-bond donors (Lipinski definition) is 0. The van der Waals surface area contributed by atoms with E-state index in [0.717, 1.165) is 11.1 Å². The molecule has 1 saturated heterocycles. The van der Waals surface area contributed by atoms with Crippen LogP contribution >= 0.6 is 11.6 Å². The van der Waals surface area contributed by atoms with Crippen LogP contribution in [0.4, 0.5) is 19.0 Å². The molecule has 0 radical (unpaired) electrons. The number of rotatable bonds is 2. The maximum Gasteiger partial charge on any atom is 0.401 e. The molecule has 1 aliphatic heterocycles. The van der Waals surface area contributed by atoms with Crippen molar-refractivity contribution in [2.24, 2.45) is 0 Å². The molecule has 8 heteroatoms. The van der Waals surface area contributed by atoms with Crippen LogP contribution in [0, 0.1) is 13.8 Å². The van der Waals surface area contributed by atoms with E-state index in [1.54, 1.807) is 0 Å². The van der Waals surface area contributed by atoms with E-state index in [9.17, 15) is 13.2 Å². The molecule has 0 bridgehead atoms. The van der Waals surface area contributed by atoms with E-state index in [0.29, 0.717) is 37.1 Å². The normalized spacial score (nSPS) is 17.6. The van der Waals surface area contributed by atoms with Gasteiger partial charge in [0.2, 0.25) is 0 Å². The van der Waals surface area contributed by atoms with Gasteiger partial charge < -0.3 is 4.90 Å². The first-order valence-corrected chi connectivity index (χ1v) is 6.69. The van der Waals surface area contributed by atoms with Crippen LogP contribution < -0.4 is 4.90 Å². The number of hydrogen-bond acceptors (Lipinski definition) is 4. The van der Waals surface area contributed by atoms with Crippen LogP contribution in [0.3, 0.4) is 0 Å². The first kappa shape index (κ1) is 15.3. The number of alkyl halides is 3. The Kier molecular flexibility index (Phi) is 4.39. The predicted octanol–water partition coefficient (Wildman–Crippen LogP) is 2.43. The molecule has 2 rings (SSSR count).